The molecule has 0 aliphatic heterocycles. The van der Waals surface area contributed by atoms with Crippen LogP contribution in [0.25, 0.3) is 0 Å². The summed E-state index contributed by atoms with van der Waals surface area (Å²) in [6.45, 7) is 1.92. The Bertz CT molecular complexity index is 198. The fourth-order valence-corrected chi connectivity index (χ4v) is 0.441. The Morgan fingerprint density at radius 3 is 2.55 bits per heavy atom. The summed E-state index contributed by atoms with van der Waals surface area (Å²) in [4.78, 5) is 10.7. The maximum atomic E-state index is 10.7. The zero-order valence-electron chi connectivity index (χ0n) is 6.26. The topological polar surface area (TPSA) is 102 Å². The van der Waals surface area contributed by atoms with Crippen LogP contribution in [0.15, 0.2) is 11.8 Å². The Balaban J connectivity index is 4.12. The van der Waals surface area contributed by atoms with E-state index in [0.717, 1.165) is 6.08 Å². The van der Waals surface area contributed by atoms with Gasteiger partial charge in [-0.1, -0.05) is 0 Å². The highest BCUT2D eigenvalue weighted by Gasteiger charge is 2.04. The van der Waals surface area contributed by atoms with Gasteiger partial charge in [-0.2, -0.15) is 0 Å². The van der Waals surface area contributed by atoms with Crippen LogP contribution in [0.4, 0.5) is 0 Å². The summed E-state index contributed by atoms with van der Waals surface area (Å²) >= 11 is 0. The third-order valence-corrected chi connectivity index (χ3v) is 0.822. The monoisotopic (exact) mass is 157 g/mol. The lowest BCUT2D eigenvalue weighted by molar-refractivity contribution is -0.138. The Morgan fingerprint density at radius 1 is 1.64 bits per heavy atom. The van der Waals surface area contributed by atoms with Crippen molar-refractivity contribution in [2.45, 2.75) is 6.92 Å². The molecule has 0 aromatic heterocycles. The molecule has 0 aliphatic rings. The predicted molar refractivity (Wildman–Crippen MR) is 40.8 cm³/mol. The lowest BCUT2D eigenvalue weighted by atomic mass is 10.4. The zero-order valence-corrected chi connectivity index (χ0v) is 6.26. The van der Waals surface area contributed by atoms with Crippen LogP contribution in [0.1, 0.15) is 6.92 Å². The second kappa shape index (κ2) is 4.32. The predicted octanol–water partition coefficient (Wildman–Crippen LogP) is -0.672. The van der Waals surface area contributed by atoms with E-state index in [1.165, 1.54) is 0 Å². The summed E-state index contributed by atoms with van der Waals surface area (Å²) < 4.78 is 4.52. The van der Waals surface area contributed by atoms with Crippen LogP contribution in [-0.4, -0.2) is 18.4 Å². The van der Waals surface area contributed by atoms with Crippen molar-refractivity contribution in [3.63, 3.8) is 0 Å². The minimum absolute atomic E-state index is 0.153. The molecule has 0 radical (unpaired) electrons. The molecule has 0 aliphatic carbocycles. The SMILES string of the molecule is CCOC(=O)/C(N)=C/C(=N)N. The molecule has 11 heavy (non-hydrogen) atoms. The van der Waals surface area contributed by atoms with Gasteiger partial charge in [-0.3, -0.25) is 5.41 Å². The molecule has 0 amide bonds. The van der Waals surface area contributed by atoms with Gasteiger partial charge in [-0.25, -0.2) is 4.79 Å². The summed E-state index contributed by atoms with van der Waals surface area (Å²) in [5, 5.41) is 6.76. The van der Waals surface area contributed by atoms with Crippen molar-refractivity contribution in [2.24, 2.45) is 11.5 Å². The van der Waals surface area contributed by atoms with Crippen LogP contribution < -0.4 is 11.5 Å². The molecule has 0 fully saturated rings. The van der Waals surface area contributed by atoms with Crippen molar-refractivity contribution in [3.05, 3.63) is 11.8 Å². The smallest absolute Gasteiger partial charge is 0.354 e. The molecule has 5 N–H and O–H groups in total. The van der Waals surface area contributed by atoms with E-state index in [0.29, 0.717) is 0 Å². The Labute approximate surface area is 64.5 Å². The summed E-state index contributed by atoms with van der Waals surface area (Å²) in [6.07, 6.45) is 1.04. The van der Waals surface area contributed by atoms with Crippen molar-refractivity contribution in [3.8, 4) is 0 Å². The van der Waals surface area contributed by atoms with Gasteiger partial charge in [0, 0.05) is 6.08 Å². The standard InChI is InChI=1S/C6H11N3O2/c1-2-11-6(10)4(7)3-5(8)9/h3H,2,7H2,1H3,(H3,8,9)/b4-3-. The molecule has 0 aromatic carbocycles. The number of carbonyl (C=O) groups is 1. The Morgan fingerprint density at radius 2 is 2.18 bits per heavy atom. The molecule has 0 bridgehead atoms. The highest BCUT2D eigenvalue weighted by Crippen LogP contribution is 1.88. The summed E-state index contributed by atoms with van der Waals surface area (Å²) in [5.74, 6) is -0.918. The van der Waals surface area contributed by atoms with Gasteiger partial charge in [0.15, 0.2) is 0 Å². The third kappa shape index (κ3) is 3.96. The summed E-state index contributed by atoms with van der Waals surface area (Å²) in [5.41, 5.74) is 9.96. The first kappa shape index (κ1) is 9.48. The minimum atomic E-state index is -0.650. The van der Waals surface area contributed by atoms with E-state index in [-0.39, 0.29) is 18.1 Å². The van der Waals surface area contributed by atoms with Crippen LogP contribution in [0, 0.1) is 5.41 Å². The molecule has 0 saturated carbocycles. The number of ether oxygens (including phenoxy) is 1. The van der Waals surface area contributed by atoms with E-state index in [2.05, 4.69) is 4.74 Å². The van der Waals surface area contributed by atoms with Crippen LogP contribution in [-0.2, 0) is 9.53 Å². The van der Waals surface area contributed by atoms with Crippen molar-refractivity contribution >= 4 is 11.8 Å². The number of esters is 1. The molecule has 0 atom stereocenters. The normalized spacial score (nSPS) is 10.8. The van der Waals surface area contributed by atoms with Gasteiger partial charge in [-0.15, -0.1) is 0 Å². The number of hydrogen-bond donors (Lipinski definition) is 3. The van der Waals surface area contributed by atoms with Crippen LogP contribution in [0.2, 0.25) is 0 Å². The lowest BCUT2D eigenvalue weighted by Gasteiger charge is -1.99. The van der Waals surface area contributed by atoms with E-state index in [1.54, 1.807) is 6.92 Å². The Kier molecular flexibility index (Phi) is 3.72. The molecular weight excluding hydrogens is 146 g/mol. The van der Waals surface area contributed by atoms with Crippen molar-refractivity contribution < 1.29 is 9.53 Å². The van der Waals surface area contributed by atoms with Gasteiger partial charge in [-0.05, 0) is 6.92 Å². The maximum absolute atomic E-state index is 10.7. The number of amidine groups is 1. The molecule has 0 saturated heterocycles. The minimum Gasteiger partial charge on any atom is -0.461 e. The van der Waals surface area contributed by atoms with Gasteiger partial charge in [0.1, 0.15) is 11.5 Å². The van der Waals surface area contributed by atoms with Gasteiger partial charge >= 0.3 is 5.97 Å². The average molecular weight is 157 g/mol. The zero-order chi connectivity index (χ0) is 8.85. The van der Waals surface area contributed by atoms with Crippen LogP contribution >= 0.6 is 0 Å². The van der Waals surface area contributed by atoms with E-state index >= 15 is 0 Å². The van der Waals surface area contributed by atoms with E-state index < -0.39 is 5.97 Å². The first-order chi connectivity index (χ1) is 5.07. The molecule has 5 heteroatoms. The number of hydrogen-bond acceptors (Lipinski definition) is 4. The van der Waals surface area contributed by atoms with Crippen molar-refractivity contribution in [1.82, 2.24) is 0 Å². The summed E-state index contributed by atoms with van der Waals surface area (Å²) in [7, 11) is 0. The quantitative estimate of drug-likeness (QED) is 0.219. The van der Waals surface area contributed by atoms with Gasteiger partial charge in [0.25, 0.3) is 0 Å². The second-order valence-electron chi connectivity index (χ2n) is 1.78. The maximum Gasteiger partial charge on any atom is 0.354 e. The van der Waals surface area contributed by atoms with Crippen LogP contribution in [0.3, 0.4) is 0 Å². The lowest BCUT2D eigenvalue weighted by Crippen LogP contribution is -2.18. The first-order valence-electron chi connectivity index (χ1n) is 3.06. The fraction of sp³-hybridized carbons (Fsp3) is 0.333. The van der Waals surface area contributed by atoms with E-state index in [1.807, 2.05) is 0 Å². The first-order valence-corrected chi connectivity index (χ1v) is 3.06. The van der Waals surface area contributed by atoms with E-state index in [9.17, 15) is 4.79 Å². The molecular formula is C6H11N3O2. The number of nitrogens with one attached hydrogen (secondary N) is 1. The number of nitrogens with two attached hydrogens (primary N) is 2. The highest BCUT2D eigenvalue weighted by molar-refractivity contribution is 5.98. The Hall–Kier alpha value is -1.52. The fourth-order valence-electron chi connectivity index (χ4n) is 0.441. The molecule has 5 nitrogen and oxygen atoms in total. The van der Waals surface area contributed by atoms with Crippen molar-refractivity contribution in [1.29, 1.82) is 5.41 Å². The van der Waals surface area contributed by atoms with Crippen molar-refractivity contribution in [2.75, 3.05) is 6.61 Å². The van der Waals surface area contributed by atoms with Gasteiger partial charge in [0.2, 0.25) is 0 Å². The third-order valence-electron chi connectivity index (χ3n) is 0.822. The van der Waals surface area contributed by atoms with Crippen LogP contribution in [0.5, 0.6) is 0 Å². The number of carbonyl (C=O) groups excluding carboxylic acids is 1. The second-order valence-corrected chi connectivity index (χ2v) is 1.78. The largest absolute Gasteiger partial charge is 0.461 e. The molecule has 0 unspecified atom stereocenters. The summed E-state index contributed by atoms with van der Waals surface area (Å²) in [6, 6.07) is 0. The molecule has 0 spiro atoms. The highest BCUT2D eigenvalue weighted by atomic mass is 16.5. The number of rotatable bonds is 3. The molecule has 62 valence electrons. The van der Waals surface area contributed by atoms with Gasteiger partial charge < -0.3 is 16.2 Å². The van der Waals surface area contributed by atoms with Gasteiger partial charge in [0.05, 0.1) is 6.61 Å². The molecule has 0 aromatic rings. The van der Waals surface area contributed by atoms with E-state index in [4.69, 9.17) is 16.9 Å². The molecule has 0 heterocycles. The molecule has 0 rings (SSSR count). The average Bonchev–Trinajstić information content (AvgIpc) is 1.86.